The molecule has 3 nitrogen and oxygen atoms in total. The Morgan fingerprint density at radius 1 is 1.06 bits per heavy atom. The lowest BCUT2D eigenvalue weighted by Gasteiger charge is -2.16. The second kappa shape index (κ2) is 5.78. The molecule has 2 rings (SSSR count). The van der Waals surface area contributed by atoms with E-state index in [2.05, 4.69) is 0 Å². The molecule has 1 aliphatic heterocycles. The van der Waals surface area contributed by atoms with E-state index >= 15 is 0 Å². The molecule has 5 heteroatoms. The van der Waals surface area contributed by atoms with E-state index in [1.54, 1.807) is 21.3 Å². The topological polar surface area (TPSA) is 27.7 Å². The van der Waals surface area contributed by atoms with E-state index in [0.717, 1.165) is 22.3 Å². The van der Waals surface area contributed by atoms with Gasteiger partial charge in [0.05, 0.1) is 21.3 Å². The van der Waals surface area contributed by atoms with Gasteiger partial charge in [-0.15, -0.1) is 23.5 Å². The minimum Gasteiger partial charge on any atom is -0.493 e. The number of hydrogen-bond donors (Lipinski definition) is 0. The molecule has 0 radical (unpaired) electrons. The van der Waals surface area contributed by atoms with Gasteiger partial charge in [-0.25, -0.2) is 0 Å². The van der Waals surface area contributed by atoms with Crippen LogP contribution in [0.3, 0.4) is 0 Å². The monoisotopic (exact) mass is 272 g/mol. The van der Waals surface area contributed by atoms with Gasteiger partial charge in [-0.3, -0.25) is 0 Å². The lowest BCUT2D eigenvalue weighted by Crippen LogP contribution is -1.99. The van der Waals surface area contributed by atoms with Gasteiger partial charge in [0, 0.05) is 16.1 Å². The molecule has 0 amide bonds. The van der Waals surface area contributed by atoms with Gasteiger partial charge in [0.1, 0.15) is 0 Å². The minimum absolute atomic E-state index is 0.522. The van der Waals surface area contributed by atoms with E-state index in [0.29, 0.717) is 11.0 Å². The minimum atomic E-state index is 0.522. The van der Waals surface area contributed by atoms with Crippen LogP contribution in [0, 0.1) is 0 Å². The van der Waals surface area contributed by atoms with Crippen LogP contribution in [0.25, 0.3) is 0 Å². The third-order valence-electron chi connectivity index (χ3n) is 2.68. The van der Waals surface area contributed by atoms with Crippen LogP contribution in [0.2, 0.25) is 0 Å². The molecule has 1 atom stereocenters. The van der Waals surface area contributed by atoms with E-state index in [4.69, 9.17) is 14.2 Å². The van der Waals surface area contributed by atoms with Crippen LogP contribution in [-0.4, -0.2) is 32.2 Å². The Morgan fingerprint density at radius 3 is 2.12 bits per heavy atom. The molecule has 1 fully saturated rings. The lowest BCUT2D eigenvalue weighted by molar-refractivity contribution is 0.324. The first-order chi connectivity index (χ1) is 8.30. The summed E-state index contributed by atoms with van der Waals surface area (Å²) in [5, 5.41) is 1.68. The van der Waals surface area contributed by atoms with E-state index in [9.17, 15) is 0 Å². The van der Waals surface area contributed by atoms with Gasteiger partial charge in [0.2, 0.25) is 5.75 Å². The Morgan fingerprint density at radius 2 is 1.71 bits per heavy atom. The number of hydrogen-bond acceptors (Lipinski definition) is 5. The highest BCUT2D eigenvalue weighted by Crippen LogP contribution is 2.46. The molecule has 0 N–H and O–H groups in total. The molecule has 17 heavy (non-hydrogen) atoms. The van der Waals surface area contributed by atoms with Gasteiger partial charge in [-0.05, 0) is 17.7 Å². The van der Waals surface area contributed by atoms with Crippen molar-refractivity contribution in [3.05, 3.63) is 17.7 Å². The third kappa shape index (κ3) is 2.60. The van der Waals surface area contributed by atoms with Gasteiger partial charge in [-0.1, -0.05) is 0 Å². The van der Waals surface area contributed by atoms with E-state index in [1.165, 1.54) is 5.56 Å². The average molecular weight is 272 g/mol. The normalized spacial score (nSPS) is 19.1. The average Bonchev–Trinajstić information content (AvgIpc) is 2.90. The molecule has 1 saturated heterocycles. The molecule has 1 aliphatic rings. The van der Waals surface area contributed by atoms with E-state index in [1.807, 2.05) is 35.7 Å². The van der Waals surface area contributed by atoms with Gasteiger partial charge >= 0.3 is 0 Å². The van der Waals surface area contributed by atoms with Crippen LogP contribution < -0.4 is 14.2 Å². The SMILES string of the molecule is COc1cc(C2CSCS2)cc(OC)c1OC. The molecule has 1 heterocycles. The summed E-state index contributed by atoms with van der Waals surface area (Å²) in [6.07, 6.45) is 0. The molecule has 0 aliphatic carbocycles. The Kier molecular flexibility index (Phi) is 4.34. The summed E-state index contributed by atoms with van der Waals surface area (Å²) < 4.78 is 16.0. The van der Waals surface area contributed by atoms with Crippen molar-refractivity contribution < 1.29 is 14.2 Å². The standard InChI is InChI=1S/C12H16O3S2/c1-13-9-4-8(11-6-16-7-17-11)5-10(14-2)12(9)15-3/h4-5,11H,6-7H2,1-3H3. The van der Waals surface area contributed by atoms with Crippen LogP contribution in [0.15, 0.2) is 12.1 Å². The van der Waals surface area contributed by atoms with Gasteiger partial charge in [-0.2, -0.15) is 0 Å². The molecule has 0 bridgehead atoms. The molecule has 0 saturated carbocycles. The number of rotatable bonds is 4. The highest BCUT2D eigenvalue weighted by atomic mass is 32.2. The van der Waals surface area contributed by atoms with Crippen LogP contribution in [0.1, 0.15) is 10.8 Å². The molecule has 94 valence electrons. The summed E-state index contributed by atoms with van der Waals surface area (Å²) in [6.45, 7) is 0. The predicted octanol–water partition coefficient (Wildman–Crippen LogP) is 3.19. The number of benzene rings is 1. The maximum atomic E-state index is 5.36. The summed E-state index contributed by atoms with van der Waals surface area (Å²) >= 11 is 3.92. The van der Waals surface area contributed by atoms with Gasteiger partial charge in [0.25, 0.3) is 0 Å². The van der Waals surface area contributed by atoms with Crippen LogP contribution in [0.5, 0.6) is 17.2 Å². The Bertz CT molecular complexity index is 364. The van der Waals surface area contributed by atoms with Crippen molar-refractivity contribution in [2.45, 2.75) is 5.25 Å². The maximum Gasteiger partial charge on any atom is 0.203 e. The summed E-state index contributed by atoms with van der Waals surface area (Å²) in [6, 6.07) is 4.09. The summed E-state index contributed by atoms with van der Waals surface area (Å²) in [7, 11) is 4.93. The van der Waals surface area contributed by atoms with Crippen LogP contribution in [-0.2, 0) is 0 Å². The van der Waals surface area contributed by atoms with Crippen LogP contribution >= 0.6 is 23.5 Å². The fourth-order valence-corrected chi connectivity index (χ4v) is 4.65. The smallest absolute Gasteiger partial charge is 0.203 e. The van der Waals surface area contributed by atoms with Crippen molar-refractivity contribution in [2.24, 2.45) is 0 Å². The Labute approximate surface area is 110 Å². The Balaban J connectivity index is 2.40. The van der Waals surface area contributed by atoms with Crippen molar-refractivity contribution in [3.8, 4) is 17.2 Å². The predicted molar refractivity (Wildman–Crippen MR) is 73.8 cm³/mol. The second-order valence-corrected chi connectivity index (χ2v) is 6.19. The van der Waals surface area contributed by atoms with Crippen molar-refractivity contribution >= 4 is 23.5 Å². The number of methoxy groups -OCH3 is 3. The summed E-state index contributed by atoms with van der Waals surface area (Å²) in [5.74, 6) is 3.27. The zero-order valence-corrected chi connectivity index (χ0v) is 11.8. The maximum absolute atomic E-state index is 5.36. The van der Waals surface area contributed by atoms with Crippen LogP contribution in [0.4, 0.5) is 0 Å². The molecule has 0 aromatic heterocycles. The van der Waals surface area contributed by atoms with Crippen molar-refractivity contribution in [3.63, 3.8) is 0 Å². The van der Waals surface area contributed by atoms with E-state index in [-0.39, 0.29) is 0 Å². The largest absolute Gasteiger partial charge is 0.493 e. The first kappa shape index (κ1) is 12.8. The fraction of sp³-hybridized carbons (Fsp3) is 0.500. The third-order valence-corrected chi connectivity index (χ3v) is 5.51. The zero-order chi connectivity index (χ0) is 12.3. The summed E-state index contributed by atoms with van der Waals surface area (Å²) in [5.41, 5.74) is 1.24. The van der Waals surface area contributed by atoms with E-state index < -0.39 is 0 Å². The number of thioether (sulfide) groups is 2. The van der Waals surface area contributed by atoms with Gasteiger partial charge < -0.3 is 14.2 Å². The fourth-order valence-electron chi connectivity index (χ4n) is 1.81. The lowest BCUT2D eigenvalue weighted by atomic mass is 10.1. The van der Waals surface area contributed by atoms with Crippen molar-refractivity contribution in [1.29, 1.82) is 0 Å². The molecule has 1 aromatic carbocycles. The molecular weight excluding hydrogens is 256 g/mol. The first-order valence-electron chi connectivity index (χ1n) is 5.29. The highest BCUT2D eigenvalue weighted by molar-refractivity contribution is 8.19. The highest BCUT2D eigenvalue weighted by Gasteiger charge is 2.22. The second-order valence-electron chi connectivity index (χ2n) is 3.60. The van der Waals surface area contributed by atoms with Crippen molar-refractivity contribution in [2.75, 3.05) is 32.2 Å². The van der Waals surface area contributed by atoms with Gasteiger partial charge in [0.15, 0.2) is 11.5 Å². The molecular formula is C12H16O3S2. The Hall–Kier alpha value is -0.680. The first-order valence-corrected chi connectivity index (χ1v) is 7.49. The zero-order valence-electron chi connectivity index (χ0n) is 10.2. The summed E-state index contributed by atoms with van der Waals surface area (Å²) in [4.78, 5) is 0. The molecule has 1 unspecified atom stereocenters. The quantitative estimate of drug-likeness (QED) is 0.839. The molecule has 0 spiro atoms. The molecule has 1 aromatic rings. The number of ether oxygens (including phenoxy) is 3. The van der Waals surface area contributed by atoms with Crippen molar-refractivity contribution in [1.82, 2.24) is 0 Å².